The second-order valence-corrected chi connectivity index (χ2v) is 5.69. The van der Waals surface area contributed by atoms with Crippen molar-refractivity contribution in [3.63, 3.8) is 0 Å². The molecule has 2 N–H and O–H groups in total. The summed E-state index contributed by atoms with van der Waals surface area (Å²) in [6.45, 7) is 1.93. The lowest BCUT2D eigenvalue weighted by molar-refractivity contribution is -0.120. The van der Waals surface area contributed by atoms with Crippen molar-refractivity contribution >= 4 is 16.0 Å². The molecule has 0 unspecified atom stereocenters. The van der Waals surface area contributed by atoms with Gasteiger partial charge in [-0.3, -0.25) is 9.35 Å². The minimum Gasteiger partial charge on any atom is -0.355 e. The summed E-state index contributed by atoms with van der Waals surface area (Å²) in [5.74, 6) is -0.678. The Hall–Kier alpha value is -1.40. The Balaban J connectivity index is 2.27. The first kappa shape index (κ1) is 14.7. The van der Waals surface area contributed by atoms with Crippen LogP contribution in [0.4, 0.5) is 0 Å². The van der Waals surface area contributed by atoms with Gasteiger partial charge in [0, 0.05) is 13.0 Å². The molecule has 0 fully saturated rings. The molecule has 100 valence electrons. The van der Waals surface area contributed by atoms with Gasteiger partial charge in [0.2, 0.25) is 5.91 Å². The average molecular weight is 271 g/mol. The molecule has 1 rings (SSSR count). The van der Waals surface area contributed by atoms with Gasteiger partial charge in [-0.1, -0.05) is 29.8 Å². The predicted octanol–water partition coefficient (Wildman–Crippen LogP) is 0.932. The number of benzene rings is 1. The highest BCUT2D eigenvalue weighted by Crippen LogP contribution is 2.05. The van der Waals surface area contributed by atoms with E-state index in [2.05, 4.69) is 5.32 Å². The van der Waals surface area contributed by atoms with E-state index in [1.54, 1.807) is 0 Å². The van der Waals surface area contributed by atoms with E-state index in [9.17, 15) is 13.2 Å². The van der Waals surface area contributed by atoms with Gasteiger partial charge in [-0.05, 0) is 18.9 Å². The third-order valence-corrected chi connectivity index (χ3v) is 3.16. The molecule has 1 aromatic rings. The van der Waals surface area contributed by atoms with Crippen molar-refractivity contribution in [2.45, 2.75) is 19.8 Å². The largest absolute Gasteiger partial charge is 0.355 e. The molecule has 0 aromatic heterocycles. The number of aryl methyl sites for hydroxylation is 2. The summed E-state index contributed by atoms with van der Waals surface area (Å²) in [4.78, 5) is 11.4. The molecule has 6 heteroatoms. The number of carbonyl (C=O) groups is 1. The molecule has 18 heavy (non-hydrogen) atoms. The van der Waals surface area contributed by atoms with E-state index < -0.39 is 15.9 Å². The molecule has 1 amide bonds. The smallest absolute Gasteiger partial charge is 0.266 e. The van der Waals surface area contributed by atoms with E-state index in [1.165, 1.54) is 0 Å². The fourth-order valence-corrected chi connectivity index (χ4v) is 1.78. The van der Waals surface area contributed by atoms with Crippen molar-refractivity contribution in [2.24, 2.45) is 0 Å². The monoisotopic (exact) mass is 271 g/mol. The van der Waals surface area contributed by atoms with Crippen molar-refractivity contribution in [3.8, 4) is 0 Å². The lowest BCUT2D eigenvalue weighted by atomic mass is 10.1. The summed E-state index contributed by atoms with van der Waals surface area (Å²) in [6.07, 6.45) is 0.909. The lowest BCUT2D eigenvalue weighted by Crippen LogP contribution is -2.29. The van der Waals surface area contributed by atoms with E-state index in [0.717, 1.165) is 11.1 Å². The first-order valence-electron chi connectivity index (χ1n) is 5.64. The molecule has 0 aliphatic carbocycles. The second-order valence-electron chi connectivity index (χ2n) is 4.12. The average Bonchev–Trinajstić information content (AvgIpc) is 2.26. The minimum absolute atomic E-state index is 0.0639. The molecule has 0 aliphatic rings. The van der Waals surface area contributed by atoms with Crippen LogP contribution in [0, 0.1) is 6.92 Å². The van der Waals surface area contributed by atoms with Crippen molar-refractivity contribution in [3.05, 3.63) is 35.4 Å². The van der Waals surface area contributed by atoms with Crippen LogP contribution in [-0.2, 0) is 21.3 Å². The zero-order chi connectivity index (χ0) is 13.6. The van der Waals surface area contributed by atoms with Gasteiger partial charge in [0.05, 0.1) is 5.75 Å². The van der Waals surface area contributed by atoms with Crippen LogP contribution in [0.15, 0.2) is 24.3 Å². The molecule has 0 saturated heterocycles. The Morgan fingerprint density at radius 2 is 1.89 bits per heavy atom. The number of carbonyl (C=O) groups excluding carboxylic acids is 1. The van der Waals surface area contributed by atoms with Gasteiger partial charge in [-0.2, -0.15) is 8.42 Å². The quantitative estimate of drug-likeness (QED) is 0.754. The summed E-state index contributed by atoms with van der Waals surface area (Å²) in [6, 6.07) is 7.87. The zero-order valence-electron chi connectivity index (χ0n) is 10.2. The van der Waals surface area contributed by atoms with Gasteiger partial charge in [0.15, 0.2) is 0 Å². The molecule has 0 radical (unpaired) electrons. The van der Waals surface area contributed by atoms with Crippen LogP contribution in [0.3, 0.4) is 0 Å². The van der Waals surface area contributed by atoms with Crippen LogP contribution in [0.2, 0.25) is 0 Å². The molecule has 0 aliphatic heterocycles. The first-order valence-corrected chi connectivity index (χ1v) is 7.25. The molecule has 5 nitrogen and oxygen atoms in total. The van der Waals surface area contributed by atoms with Gasteiger partial charge >= 0.3 is 0 Å². The number of rotatable bonds is 6. The van der Waals surface area contributed by atoms with Crippen molar-refractivity contribution < 1.29 is 17.8 Å². The van der Waals surface area contributed by atoms with E-state index in [0.29, 0.717) is 12.8 Å². The molecular weight excluding hydrogens is 254 g/mol. The Bertz CT molecular complexity index is 493. The van der Waals surface area contributed by atoms with Gasteiger partial charge in [0.1, 0.15) is 0 Å². The Morgan fingerprint density at radius 3 is 2.44 bits per heavy atom. The van der Waals surface area contributed by atoms with Crippen LogP contribution in [-0.4, -0.2) is 31.2 Å². The fourth-order valence-electron chi connectivity index (χ4n) is 1.42. The molecule has 0 spiro atoms. The third kappa shape index (κ3) is 6.36. The van der Waals surface area contributed by atoms with Gasteiger partial charge < -0.3 is 5.32 Å². The maximum atomic E-state index is 11.4. The molecule has 0 bridgehead atoms. The summed E-state index contributed by atoms with van der Waals surface area (Å²) < 4.78 is 29.3. The molecular formula is C12H17NO4S. The summed E-state index contributed by atoms with van der Waals surface area (Å²) in [5, 5.41) is 2.44. The number of hydrogen-bond donors (Lipinski definition) is 2. The molecule has 0 atom stereocenters. The highest BCUT2D eigenvalue weighted by Gasteiger charge is 2.06. The van der Waals surface area contributed by atoms with Gasteiger partial charge in [-0.25, -0.2) is 0 Å². The topological polar surface area (TPSA) is 83.5 Å². The summed E-state index contributed by atoms with van der Waals surface area (Å²) in [5.41, 5.74) is 2.22. The second kappa shape index (κ2) is 6.51. The summed E-state index contributed by atoms with van der Waals surface area (Å²) >= 11 is 0. The van der Waals surface area contributed by atoms with Crippen LogP contribution in [0.1, 0.15) is 17.5 Å². The highest BCUT2D eigenvalue weighted by atomic mass is 32.2. The predicted molar refractivity (Wildman–Crippen MR) is 68.9 cm³/mol. The maximum Gasteiger partial charge on any atom is 0.266 e. The fraction of sp³-hybridized carbons (Fsp3) is 0.417. The number of nitrogens with one attached hydrogen (secondary N) is 1. The molecule has 1 aromatic carbocycles. The number of hydrogen-bond acceptors (Lipinski definition) is 3. The summed E-state index contributed by atoms with van der Waals surface area (Å²) in [7, 11) is -4.01. The van der Waals surface area contributed by atoms with Crippen molar-refractivity contribution in [2.75, 3.05) is 12.3 Å². The first-order chi connectivity index (χ1) is 8.37. The Kier molecular flexibility index (Phi) is 5.30. The highest BCUT2D eigenvalue weighted by molar-refractivity contribution is 7.85. The van der Waals surface area contributed by atoms with E-state index in [1.807, 2.05) is 31.2 Å². The standard InChI is InChI=1S/C12H17NO4S/c1-10-2-4-11(5-3-10)6-7-12(14)13-8-9-18(15,16)17/h2-5H,6-9H2,1H3,(H,13,14)(H,15,16,17). The zero-order valence-corrected chi connectivity index (χ0v) is 11.0. The van der Waals surface area contributed by atoms with Crippen LogP contribution < -0.4 is 5.32 Å². The van der Waals surface area contributed by atoms with E-state index in [4.69, 9.17) is 4.55 Å². The normalized spacial score (nSPS) is 11.2. The number of amides is 1. The van der Waals surface area contributed by atoms with Crippen LogP contribution >= 0.6 is 0 Å². The van der Waals surface area contributed by atoms with Crippen molar-refractivity contribution in [1.82, 2.24) is 5.32 Å². The van der Waals surface area contributed by atoms with E-state index >= 15 is 0 Å². The van der Waals surface area contributed by atoms with Crippen LogP contribution in [0.5, 0.6) is 0 Å². The maximum absolute atomic E-state index is 11.4. The lowest BCUT2D eigenvalue weighted by Gasteiger charge is -2.04. The van der Waals surface area contributed by atoms with Crippen LogP contribution in [0.25, 0.3) is 0 Å². The molecule has 0 saturated carbocycles. The SMILES string of the molecule is Cc1ccc(CCC(=O)NCCS(=O)(=O)O)cc1. The van der Waals surface area contributed by atoms with Gasteiger partial charge in [-0.15, -0.1) is 0 Å². The Morgan fingerprint density at radius 1 is 1.28 bits per heavy atom. The molecule has 0 heterocycles. The van der Waals surface area contributed by atoms with Gasteiger partial charge in [0.25, 0.3) is 10.1 Å². The third-order valence-electron chi connectivity index (χ3n) is 2.44. The Labute approximate surface area is 107 Å². The minimum atomic E-state index is -4.01. The van der Waals surface area contributed by atoms with E-state index in [-0.39, 0.29) is 12.5 Å². The van der Waals surface area contributed by atoms with Crippen molar-refractivity contribution in [1.29, 1.82) is 0 Å².